The average Bonchev–Trinajstić information content (AvgIpc) is 2.92. The van der Waals surface area contributed by atoms with E-state index in [4.69, 9.17) is 31.0 Å². The molecule has 1 amide bonds. The van der Waals surface area contributed by atoms with Gasteiger partial charge in [-0.3, -0.25) is 4.79 Å². The van der Waals surface area contributed by atoms with Gasteiger partial charge in [0.2, 0.25) is 5.91 Å². The minimum Gasteiger partial charge on any atom is -0.497 e. The number of amides is 1. The lowest BCUT2D eigenvalue weighted by atomic mass is 10.0. The van der Waals surface area contributed by atoms with E-state index < -0.39 is 5.38 Å². The number of nitrogens with zero attached hydrogens (tertiary/aromatic N) is 4. The van der Waals surface area contributed by atoms with Crippen molar-refractivity contribution in [2.45, 2.75) is 24.8 Å². The van der Waals surface area contributed by atoms with E-state index in [1.54, 1.807) is 7.11 Å². The largest absolute Gasteiger partial charge is 0.497 e. The maximum absolute atomic E-state index is 13.3. The number of halogens is 1. The standard InChI is InChI=1S/C27H29ClN4O3/c1-34-21-9-5-6-19(16-21)17-24-29-23-10-11-32(27(33)25(28)20-7-3-2-4-8-20)18-22(23)26(30-24)31-12-14-35-15-13-31/h2-9,16,25H,10-15,17-18H2,1H3. The maximum Gasteiger partial charge on any atom is 0.245 e. The second-order valence-electron chi connectivity index (χ2n) is 8.80. The van der Waals surface area contributed by atoms with Crippen LogP contribution in [0.25, 0.3) is 0 Å². The van der Waals surface area contributed by atoms with E-state index in [1.807, 2.05) is 53.4 Å². The smallest absolute Gasteiger partial charge is 0.245 e. The van der Waals surface area contributed by atoms with Crippen molar-refractivity contribution >= 4 is 23.3 Å². The molecule has 1 unspecified atom stereocenters. The molecule has 2 aliphatic heterocycles. The van der Waals surface area contributed by atoms with Crippen LogP contribution in [0.15, 0.2) is 54.6 Å². The van der Waals surface area contributed by atoms with Gasteiger partial charge in [-0.2, -0.15) is 0 Å². The first-order valence-corrected chi connectivity index (χ1v) is 12.4. The van der Waals surface area contributed by atoms with Crippen LogP contribution in [-0.2, 0) is 28.9 Å². The summed E-state index contributed by atoms with van der Waals surface area (Å²) in [5, 5.41) is -0.710. The van der Waals surface area contributed by atoms with Crippen molar-refractivity contribution in [3.05, 3.63) is 82.8 Å². The van der Waals surface area contributed by atoms with Crippen molar-refractivity contribution in [1.82, 2.24) is 14.9 Å². The lowest BCUT2D eigenvalue weighted by Crippen LogP contribution is -2.42. The lowest BCUT2D eigenvalue weighted by Gasteiger charge is -2.35. The molecule has 1 aromatic heterocycles. The van der Waals surface area contributed by atoms with E-state index >= 15 is 0 Å². The molecule has 182 valence electrons. The SMILES string of the molecule is COc1cccc(Cc2nc3c(c(N4CCOCC4)n2)CN(C(=O)C(Cl)c2ccccc2)CC3)c1. The first kappa shape index (κ1) is 23.6. The summed E-state index contributed by atoms with van der Waals surface area (Å²) < 4.78 is 11.0. The Labute approximate surface area is 210 Å². The number of carbonyl (C=O) groups is 1. The van der Waals surface area contributed by atoms with Crippen LogP contribution >= 0.6 is 11.6 Å². The fraction of sp³-hybridized carbons (Fsp3) is 0.370. The molecule has 0 radical (unpaired) electrons. The molecule has 0 aliphatic carbocycles. The zero-order valence-electron chi connectivity index (χ0n) is 19.8. The van der Waals surface area contributed by atoms with E-state index in [1.165, 1.54) is 0 Å². The third kappa shape index (κ3) is 5.26. The zero-order valence-corrected chi connectivity index (χ0v) is 20.6. The quantitative estimate of drug-likeness (QED) is 0.488. The van der Waals surface area contributed by atoms with Crippen LogP contribution in [0.5, 0.6) is 5.75 Å². The van der Waals surface area contributed by atoms with Crippen LogP contribution in [0.3, 0.4) is 0 Å². The fourth-order valence-corrected chi connectivity index (χ4v) is 4.92. The monoisotopic (exact) mass is 492 g/mol. The first-order valence-electron chi connectivity index (χ1n) is 11.9. The molecular weight excluding hydrogens is 464 g/mol. The van der Waals surface area contributed by atoms with Gasteiger partial charge in [0.15, 0.2) is 0 Å². The number of methoxy groups -OCH3 is 1. The lowest BCUT2D eigenvalue weighted by molar-refractivity contribution is -0.131. The summed E-state index contributed by atoms with van der Waals surface area (Å²) in [5.74, 6) is 2.41. The summed E-state index contributed by atoms with van der Waals surface area (Å²) in [6, 6.07) is 17.5. The van der Waals surface area contributed by atoms with E-state index in [0.717, 1.165) is 52.9 Å². The van der Waals surface area contributed by atoms with Crippen molar-refractivity contribution in [2.75, 3.05) is 44.9 Å². The molecule has 1 saturated heterocycles. The molecule has 0 bridgehead atoms. The number of anilines is 1. The minimum atomic E-state index is -0.710. The molecule has 1 fully saturated rings. The Morgan fingerprint density at radius 3 is 2.66 bits per heavy atom. The van der Waals surface area contributed by atoms with Gasteiger partial charge in [-0.25, -0.2) is 9.97 Å². The summed E-state index contributed by atoms with van der Waals surface area (Å²) in [5.41, 5.74) is 3.92. The van der Waals surface area contributed by atoms with Crippen molar-refractivity contribution < 1.29 is 14.3 Å². The third-order valence-electron chi connectivity index (χ3n) is 6.51. The predicted molar refractivity (Wildman–Crippen MR) is 135 cm³/mol. The molecule has 35 heavy (non-hydrogen) atoms. The van der Waals surface area contributed by atoms with Crippen LogP contribution in [0.4, 0.5) is 5.82 Å². The highest BCUT2D eigenvalue weighted by atomic mass is 35.5. The average molecular weight is 493 g/mol. The molecule has 0 saturated carbocycles. The molecule has 2 aromatic carbocycles. The van der Waals surface area contributed by atoms with Crippen molar-refractivity contribution in [1.29, 1.82) is 0 Å². The summed E-state index contributed by atoms with van der Waals surface area (Å²) in [4.78, 5) is 27.3. The van der Waals surface area contributed by atoms with Crippen LogP contribution < -0.4 is 9.64 Å². The van der Waals surface area contributed by atoms with Gasteiger partial charge in [0.05, 0.1) is 32.6 Å². The molecule has 3 aromatic rings. The van der Waals surface area contributed by atoms with Crippen molar-refractivity contribution in [3.63, 3.8) is 0 Å². The molecular formula is C27H29ClN4O3. The highest BCUT2D eigenvalue weighted by molar-refractivity contribution is 6.30. The Morgan fingerprint density at radius 2 is 1.89 bits per heavy atom. The molecule has 5 rings (SSSR count). The number of alkyl halides is 1. The molecule has 7 nitrogen and oxygen atoms in total. The number of morpholine rings is 1. The second kappa shape index (κ2) is 10.6. The van der Waals surface area contributed by atoms with Gasteiger partial charge < -0.3 is 19.3 Å². The van der Waals surface area contributed by atoms with Crippen LogP contribution in [0.2, 0.25) is 0 Å². The van der Waals surface area contributed by atoms with E-state index in [0.29, 0.717) is 39.1 Å². The minimum absolute atomic E-state index is 0.0862. The molecule has 8 heteroatoms. The highest BCUT2D eigenvalue weighted by Gasteiger charge is 2.31. The maximum atomic E-state index is 13.3. The topological polar surface area (TPSA) is 67.8 Å². The van der Waals surface area contributed by atoms with Gasteiger partial charge in [-0.05, 0) is 23.3 Å². The summed E-state index contributed by atoms with van der Waals surface area (Å²) >= 11 is 6.59. The number of hydrogen-bond acceptors (Lipinski definition) is 6. The highest BCUT2D eigenvalue weighted by Crippen LogP contribution is 2.31. The van der Waals surface area contributed by atoms with Crippen LogP contribution in [0, 0.1) is 0 Å². The first-order chi connectivity index (χ1) is 17.1. The Hall–Kier alpha value is -3.16. The van der Waals surface area contributed by atoms with E-state index in [9.17, 15) is 4.79 Å². The Balaban J connectivity index is 1.44. The van der Waals surface area contributed by atoms with Gasteiger partial charge in [0.1, 0.15) is 22.8 Å². The van der Waals surface area contributed by atoms with Crippen LogP contribution in [-0.4, -0.2) is 60.7 Å². The molecule has 0 N–H and O–H groups in total. The number of aromatic nitrogens is 2. The number of rotatable bonds is 6. The summed E-state index contributed by atoms with van der Waals surface area (Å²) in [7, 11) is 1.67. The zero-order chi connectivity index (χ0) is 24.2. The molecule has 1 atom stereocenters. The number of carbonyl (C=O) groups excluding carboxylic acids is 1. The third-order valence-corrected chi connectivity index (χ3v) is 6.95. The van der Waals surface area contributed by atoms with Gasteiger partial charge in [0, 0.05) is 38.0 Å². The van der Waals surface area contributed by atoms with E-state index in [2.05, 4.69) is 11.0 Å². The Bertz CT molecular complexity index is 1180. The number of benzene rings is 2. The van der Waals surface area contributed by atoms with Crippen molar-refractivity contribution in [3.8, 4) is 5.75 Å². The summed E-state index contributed by atoms with van der Waals surface area (Å²) in [6.07, 6.45) is 1.28. The number of hydrogen-bond donors (Lipinski definition) is 0. The second-order valence-corrected chi connectivity index (χ2v) is 9.24. The Kier molecular flexibility index (Phi) is 7.16. The van der Waals surface area contributed by atoms with Crippen LogP contribution in [0.1, 0.15) is 33.6 Å². The molecule has 2 aliphatic rings. The van der Waals surface area contributed by atoms with Gasteiger partial charge in [-0.1, -0.05) is 42.5 Å². The van der Waals surface area contributed by atoms with Gasteiger partial charge in [0.25, 0.3) is 0 Å². The van der Waals surface area contributed by atoms with Gasteiger partial charge in [-0.15, -0.1) is 11.6 Å². The molecule has 0 spiro atoms. The fourth-order valence-electron chi connectivity index (χ4n) is 4.64. The number of fused-ring (bicyclic) bond motifs is 1. The van der Waals surface area contributed by atoms with E-state index in [-0.39, 0.29) is 5.91 Å². The number of ether oxygens (including phenoxy) is 2. The normalized spacial score (nSPS) is 16.5. The molecule has 3 heterocycles. The summed E-state index contributed by atoms with van der Waals surface area (Å²) in [6.45, 7) is 3.88. The van der Waals surface area contributed by atoms with Crippen molar-refractivity contribution in [2.24, 2.45) is 0 Å². The van der Waals surface area contributed by atoms with Gasteiger partial charge >= 0.3 is 0 Å². The Morgan fingerprint density at radius 1 is 1.09 bits per heavy atom. The predicted octanol–water partition coefficient (Wildman–Crippen LogP) is 3.78.